The molecule has 0 saturated carbocycles. The fourth-order valence-electron chi connectivity index (χ4n) is 1.05. The molecule has 0 rings (SSSR count). The van der Waals surface area contributed by atoms with Gasteiger partial charge in [-0.3, -0.25) is 0 Å². The van der Waals surface area contributed by atoms with E-state index >= 15 is 0 Å². The first-order valence-corrected chi connectivity index (χ1v) is 5.22. The molecule has 0 aromatic carbocycles. The zero-order valence-electron chi connectivity index (χ0n) is 9.79. The molecule has 0 heterocycles. The van der Waals surface area contributed by atoms with E-state index < -0.39 is 6.09 Å². The van der Waals surface area contributed by atoms with Crippen LogP contribution in [-0.2, 0) is 9.47 Å². The highest BCUT2D eigenvalue weighted by molar-refractivity contribution is 5.67. The standard InChI is InChI=1S/C10H22N2O3/c1-8(2)6-15-10(13)12-9(4-5-11)7-14-3/h8-9H,4-7,11H2,1-3H3,(H,12,13). The van der Waals surface area contributed by atoms with E-state index in [1.807, 2.05) is 13.8 Å². The van der Waals surface area contributed by atoms with Crippen molar-refractivity contribution in [3.05, 3.63) is 0 Å². The molecule has 0 aromatic rings. The zero-order chi connectivity index (χ0) is 11.7. The SMILES string of the molecule is COCC(CCN)NC(=O)OCC(C)C. The summed E-state index contributed by atoms with van der Waals surface area (Å²) in [6.07, 6.45) is 0.282. The smallest absolute Gasteiger partial charge is 0.407 e. The van der Waals surface area contributed by atoms with Crippen molar-refractivity contribution in [1.29, 1.82) is 0 Å². The molecule has 3 N–H and O–H groups in total. The number of rotatable bonds is 7. The third-order valence-corrected chi connectivity index (χ3v) is 1.75. The summed E-state index contributed by atoms with van der Waals surface area (Å²) < 4.78 is 9.94. The van der Waals surface area contributed by atoms with Crippen LogP contribution in [0.1, 0.15) is 20.3 Å². The third-order valence-electron chi connectivity index (χ3n) is 1.75. The maximum absolute atomic E-state index is 11.3. The van der Waals surface area contributed by atoms with Crippen LogP contribution < -0.4 is 11.1 Å². The Hall–Kier alpha value is -0.810. The molecule has 0 fully saturated rings. The number of amides is 1. The van der Waals surface area contributed by atoms with Gasteiger partial charge < -0.3 is 20.5 Å². The number of hydrogen-bond acceptors (Lipinski definition) is 4. The van der Waals surface area contributed by atoms with E-state index in [9.17, 15) is 4.79 Å². The summed E-state index contributed by atoms with van der Waals surface area (Å²) in [5, 5.41) is 2.71. The van der Waals surface area contributed by atoms with Crippen molar-refractivity contribution in [2.75, 3.05) is 26.9 Å². The van der Waals surface area contributed by atoms with Gasteiger partial charge in [-0.2, -0.15) is 0 Å². The van der Waals surface area contributed by atoms with Gasteiger partial charge >= 0.3 is 6.09 Å². The molecule has 0 aliphatic carbocycles. The number of carbonyl (C=O) groups is 1. The van der Waals surface area contributed by atoms with Crippen LogP contribution in [-0.4, -0.2) is 39.0 Å². The number of methoxy groups -OCH3 is 1. The van der Waals surface area contributed by atoms with Crippen LogP contribution in [0.3, 0.4) is 0 Å². The molecule has 1 atom stereocenters. The first kappa shape index (κ1) is 14.2. The quantitative estimate of drug-likeness (QED) is 0.660. The molecule has 5 heteroatoms. The minimum absolute atomic E-state index is 0.0698. The lowest BCUT2D eigenvalue weighted by Crippen LogP contribution is -2.40. The monoisotopic (exact) mass is 218 g/mol. The number of ether oxygens (including phenoxy) is 2. The molecule has 90 valence electrons. The van der Waals surface area contributed by atoms with Crippen molar-refractivity contribution in [1.82, 2.24) is 5.32 Å². The van der Waals surface area contributed by atoms with Gasteiger partial charge in [0.15, 0.2) is 0 Å². The van der Waals surface area contributed by atoms with Crippen molar-refractivity contribution < 1.29 is 14.3 Å². The molecule has 0 spiro atoms. The Labute approximate surface area is 91.3 Å². The average molecular weight is 218 g/mol. The normalized spacial score (nSPS) is 12.6. The number of alkyl carbamates (subject to hydrolysis) is 1. The summed E-state index contributed by atoms with van der Waals surface area (Å²) in [6, 6.07) is -0.0698. The summed E-state index contributed by atoms with van der Waals surface area (Å²) in [7, 11) is 1.59. The highest BCUT2D eigenvalue weighted by Gasteiger charge is 2.12. The molecule has 1 unspecified atom stereocenters. The van der Waals surface area contributed by atoms with Crippen LogP contribution in [0.15, 0.2) is 0 Å². The van der Waals surface area contributed by atoms with Crippen LogP contribution in [0.2, 0.25) is 0 Å². The van der Waals surface area contributed by atoms with Crippen molar-refractivity contribution in [3.8, 4) is 0 Å². The van der Waals surface area contributed by atoms with Crippen LogP contribution in [0, 0.1) is 5.92 Å². The Bertz CT molecular complexity index is 168. The highest BCUT2D eigenvalue weighted by atomic mass is 16.5. The van der Waals surface area contributed by atoms with Crippen molar-refractivity contribution in [3.63, 3.8) is 0 Å². The number of carbonyl (C=O) groups excluding carboxylic acids is 1. The molecule has 0 bridgehead atoms. The van der Waals surface area contributed by atoms with Gasteiger partial charge in [0, 0.05) is 7.11 Å². The van der Waals surface area contributed by atoms with Gasteiger partial charge in [-0.05, 0) is 18.9 Å². The zero-order valence-corrected chi connectivity index (χ0v) is 9.79. The third kappa shape index (κ3) is 8.20. The molecular weight excluding hydrogens is 196 g/mol. The van der Waals surface area contributed by atoms with Gasteiger partial charge in [0.2, 0.25) is 0 Å². The molecule has 0 aromatic heterocycles. The lowest BCUT2D eigenvalue weighted by atomic mass is 10.2. The second-order valence-electron chi connectivity index (χ2n) is 3.87. The molecular formula is C10H22N2O3. The fourth-order valence-corrected chi connectivity index (χ4v) is 1.05. The van der Waals surface area contributed by atoms with Crippen molar-refractivity contribution in [2.24, 2.45) is 11.7 Å². The van der Waals surface area contributed by atoms with E-state index in [0.29, 0.717) is 32.1 Å². The van der Waals surface area contributed by atoms with Gasteiger partial charge in [0.25, 0.3) is 0 Å². The van der Waals surface area contributed by atoms with Gasteiger partial charge in [-0.15, -0.1) is 0 Å². The number of nitrogens with two attached hydrogens (primary N) is 1. The molecule has 0 radical (unpaired) electrons. The topological polar surface area (TPSA) is 73.6 Å². The second kappa shape index (κ2) is 8.49. The van der Waals surface area contributed by atoms with E-state index in [2.05, 4.69) is 5.32 Å². The molecule has 1 amide bonds. The van der Waals surface area contributed by atoms with Gasteiger partial charge in [-0.1, -0.05) is 13.8 Å². The second-order valence-corrected chi connectivity index (χ2v) is 3.87. The molecule has 0 saturated heterocycles. The van der Waals surface area contributed by atoms with Crippen LogP contribution in [0.4, 0.5) is 4.79 Å². The molecule has 5 nitrogen and oxygen atoms in total. The first-order valence-electron chi connectivity index (χ1n) is 5.22. The van der Waals surface area contributed by atoms with Gasteiger partial charge in [-0.25, -0.2) is 4.79 Å². The van der Waals surface area contributed by atoms with Crippen molar-refractivity contribution >= 4 is 6.09 Å². The van der Waals surface area contributed by atoms with Crippen LogP contribution >= 0.6 is 0 Å². The van der Waals surface area contributed by atoms with Gasteiger partial charge in [0.05, 0.1) is 19.3 Å². The predicted octanol–water partition coefficient (Wildman–Crippen LogP) is 0.732. The van der Waals surface area contributed by atoms with E-state index in [1.54, 1.807) is 7.11 Å². The van der Waals surface area contributed by atoms with Crippen molar-refractivity contribution in [2.45, 2.75) is 26.3 Å². The summed E-state index contributed by atoms with van der Waals surface area (Å²) in [6.45, 7) is 5.36. The summed E-state index contributed by atoms with van der Waals surface area (Å²) in [5.74, 6) is 0.339. The van der Waals surface area contributed by atoms with E-state index in [4.69, 9.17) is 15.2 Å². The lowest BCUT2D eigenvalue weighted by Gasteiger charge is -2.17. The summed E-state index contributed by atoms with van der Waals surface area (Å²) in [4.78, 5) is 11.3. The van der Waals surface area contributed by atoms with E-state index in [0.717, 1.165) is 0 Å². The molecule has 0 aliphatic rings. The Balaban J connectivity index is 3.77. The maximum Gasteiger partial charge on any atom is 0.407 e. The summed E-state index contributed by atoms with van der Waals surface area (Å²) in [5.41, 5.74) is 5.41. The minimum Gasteiger partial charge on any atom is -0.449 e. The molecule has 0 aliphatic heterocycles. The Kier molecular flexibility index (Phi) is 8.04. The minimum atomic E-state index is -0.404. The van der Waals surface area contributed by atoms with Crippen LogP contribution in [0.25, 0.3) is 0 Å². The summed E-state index contributed by atoms with van der Waals surface area (Å²) >= 11 is 0. The predicted molar refractivity (Wildman–Crippen MR) is 58.7 cm³/mol. The average Bonchev–Trinajstić information content (AvgIpc) is 2.15. The number of hydrogen-bond donors (Lipinski definition) is 2. The van der Waals surface area contributed by atoms with Gasteiger partial charge in [0.1, 0.15) is 0 Å². The van der Waals surface area contributed by atoms with Crippen LogP contribution in [0.5, 0.6) is 0 Å². The largest absolute Gasteiger partial charge is 0.449 e. The first-order chi connectivity index (χ1) is 7.10. The highest BCUT2D eigenvalue weighted by Crippen LogP contribution is 1.95. The Morgan fingerprint density at radius 2 is 2.07 bits per heavy atom. The Morgan fingerprint density at radius 1 is 1.40 bits per heavy atom. The van der Waals surface area contributed by atoms with E-state index in [-0.39, 0.29) is 6.04 Å². The maximum atomic E-state index is 11.3. The lowest BCUT2D eigenvalue weighted by molar-refractivity contribution is 0.115. The fraction of sp³-hybridized carbons (Fsp3) is 0.900. The molecule has 15 heavy (non-hydrogen) atoms. The number of nitrogens with one attached hydrogen (secondary N) is 1. The Morgan fingerprint density at radius 3 is 2.53 bits per heavy atom. The van der Waals surface area contributed by atoms with E-state index in [1.165, 1.54) is 0 Å².